The Bertz CT molecular complexity index is 5030. The minimum absolute atomic E-state index is 0.303. The Balaban J connectivity index is 0.000000227. The van der Waals surface area contributed by atoms with Crippen molar-refractivity contribution < 1.29 is 50.3 Å². The molecule has 0 aliphatic carbocycles. The number of aryl methyl sites for hydroxylation is 19. The van der Waals surface area contributed by atoms with E-state index >= 15 is 0 Å². The second-order valence-electron chi connectivity index (χ2n) is 30.2. The van der Waals surface area contributed by atoms with Gasteiger partial charge in [0.25, 0.3) is 0 Å². The lowest BCUT2D eigenvalue weighted by Crippen LogP contribution is -2.47. The Morgan fingerprint density at radius 3 is 1.02 bits per heavy atom. The number of nitrogens with zero attached hydrogens (tertiary/aromatic N) is 5. The van der Waals surface area contributed by atoms with Gasteiger partial charge in [-0.3, -0.25) is 0 Å². The van der Waals surface area contributed by atoms with Crippen molar-refractivity contribution in [2.45, 2.75) is 183 Å². The third-order valence-electron chi connectivity index (χ3n) is 17.2. The predicted molar refractivity (Wildman–Crippen MR) is 424 cm³/mol. The van der Waals surface area contributed by atoms with Crippen LogP contribution in [0.25, 0.3) is 56.3 Å². The monoisotopic (exact) mass is 1350 g/mol. The number of benzene rings is 5. The first-order valence-electron chi connectivity index (χ1n) is 43.1. The average molecular weight is 1350 g/mol. The Morgan fingerprint density at radius 2 is 0.667 bits per heavy atom. The molecule has 96 heavy (non-hydrogen) atoms. The lowest BCUT2D eigenvalue weighted by Gasteiger charge is -2.25. The minimum atomic E-state index is -2.15. The van der Waals surface area contributed by atoms with Gasteiger partial charge in [0.2, 0.25) is 28.5 Å². The van der Waals surface area contributed by atoms with Gasteiger partial charge in [-0.15, -0.1) is 0 Å². The van der Waals surface area contributed by atoms with Gasteiger partial charge in [-0.05, 0) is 189 Å². The van der Waals surface area contributed by atoms with Crippen LogP contribution in [0.5, 0.6) is 0 Å². The predicted octanol–water partition coefficient (Wildman–Crippen LogP) is 18.4. The van der Waals surface area contributed by atoms with Crippen molar-refractivity contribution >= 4 is 39.8 Å². The highest BCUT2D eigenvalue weighted by Crippen LogP contribution is 2.29. The van der Waals surface area contributed by atoms with Crippen LogP contribution >= 0.6 is 0 Å². The van der Waals surface area contributed by atoms with Gasteiger partial charge in [0, 0.05) is 113 Å². The molecule has 5 aromatic carbocycles. The van der Waals surface area contributed by atoms with Crippen LogP contribution in [0.4, 0.5) is 0 Å². The largest absolute Gasteiger partial charge is 0.212 e. The molecule has 0 spiro atoms. The summed E-state index contributed by atoms with van der Waals surface area (Å²) in [6.45, 7) is 29.7. The summed E-state index contributed by atoms with van der Waals surface area (Å²) in [6.07, 6.45) is 8.67. The van der Waals surface area contributed by atoms with E-state index in [0.717, 1.165) is 94.9 Å². The second kappa shape index (κ2) is 31.8. The fraction of sp³-hybridized carbons (Fsp3) is 0.375. The topological polar surface area (TPSA) is 19.4 Å². The van der Waals surface area contributed by atoms with Gasteiger partial charge in [0.05, 0.1) is 24.2 Å². The Kier molecular flexibility index (Phi) is 17.4. The van der Waals surface area contributed by atoms with Crippen LogP contribution in [0.1, 0.15) is 132 Å². The van der Waals surface area contributed by atoms with Crippen LogP contribution in [0, 0.1) is 102 Å². The van der Waals surface area contributed by atoms with E-state index in [4.69, 9.17) is 27.4 Å². The molecule has 5 heterocycles. The molecule has 5 aromatic heterocycles. The zero-order chi connectivity index (χ0) is 88.6. The maximum Gasteiger partial charge on any atom is 0.212 e. The van der Waals surface area contributed by atoms with Crippen LogP contribution in [0.2, 0.25) is 58.9 Å². The molecule has 0 bridgehead atoms. The Hall–Kier alpha value is -7.50. The molecule has 10 rings (SSSR count). The van der Waals surface area contributed by atoms with Crippen molar-refractivity contribution in [1.82, 2.24) is 0 Å². The van der Waals surface area contributed by atoms with E-state index < -0.39 is 77.1 Å². The van der Waals surface area contributed by atoms with Crippen molar-refractivity contribution in [3.8, 4) is 56.3 Å². The molecule has 0 saturated heterocycles. The van der Waals surface area contributed by atoms with Gasteiger partial charge in [0.15, 0.2) is 31.0 Å². The normalized spacial score (nSPS) is 15.6. The average Bonchev–Trinajstić information content (AvgIpc) is 0.746. The molecular formula is C88H122N5Si3+5. The number of hydrogen-bond donors (Lipinski definition) is 0. The fourth-order valence-corrected chi connectivity index (χ4v) is 16.4. The molecule has 0 amide bonds. The molecule has 0 aliphatic rings. The van der Waals surface area contributed by atoms with Gasteiger partial charge in [0.1, 0.15) is 35.2 Å². The molecule has 8 heteroatoms. The third-order valence-corrected chi connectivity index (χ3v) is 23.4. The third kappa shape index (κ3) is 20.8. The summed E-state index contributed by atoms with van der Waals surface area (Å²) in [5.41, 5.74) is 20.3. The van der Waals surface area contributed by atoms with E-state index in [1.54, 1.807) is 91.5 Å². The van der Waals surface area contributed by atoms with E-state index in [1.165, 1.54) is 21.5 Å². The first-order valence-corrected chi connectivity index (χ1v) is 43.6. The number of aromatic nitrogens is 5. The van der Waals surface area contributed by atoms with Crippen molar-refractivity contribution in [3.63, 3.8) is 0 Å². The van der Waals surface area contributed by atoms with Crippen LogP contribution < -0.4 is 38.4 Å². The minimum Gasteiger partial charge on any atom is -0.201 e. The van der Waals surface area contributed by atoms with E-state index in [9.17, 15) is 0 Å². The molecule has 0 unspecified atom stereocenters. The molecule has 0 N–H and O–H groups in total. The zero-order valence-corrected chi connectivity index (χ0v) is 65.3. The van der Waals surface area contributed by atoms with Crippen molar-refractivity contribution in [2.24, 2.45) is 40.7 Å². The van der Waals surface area contributed by atoms with E-state index in [2.05, 4.69) is 145 Å². The highest BCUT2D eigenvalue weighted by Gasteiger charge is 2.30. The summed E-state index contributed by atoms with van der Waals surface area (Å²) in [5.74, 6) is 0. The maximum absolute atomic E-state index is 8.94. The van der Waals surface area contributed by atoms with E-state index in [1.807, 2.05) is 121 Å². The quantitative estimate of drug-likeness (QED) is 0.101. The van der Waals surface area contributed by atoms with Crippen molar-refractivity contribution in [1.29, 1.82) is 0 Å². The van der Waals surface area contributed by atoms with Gasteiger partial charge < -0.3 is 0 Å². The first kappa shape index (κ1) is 52.6. The molecule has 0 atom stereocenters. The summed E-state index contributed by atoms with van der Waals surface area (Å²) in [5, 5.41) is 3.98. The molecule has 0 radical (unpaired) electrons. The molecule has 506 valence electrons. The Morgan fingerprint density at radius 1 is 0.312 bits per heavy atom. The van der Waals surface area contributed by atoms with E-state index in [0.29, 0.717) is 38.9 Å². The lowest BCUT2D eigenvalue weighted by molar-refractivity contribution is -0.660. The van der Waals surface area contributed by atoms with Gasteiger partial charge >= 0.3 is 0 Å². The summed E-state index contributed by atoms with van der Waals surface area (Å²) in [6, 6.07) is 41.0. The summed E-state index contributed by atoms with van der Waals surface area (Å²) >= 11 is 0. The van der Waals surface area contributed by atoms with Gasteiger partial charge in [-0.2, -0.15) is 0 Å². The van der Waals surface area contributed by atoms with Crippen LogP contribution in [0.15, 0.2) is 164 Å². The molecule has 5 nitrogen and oxygen atoms in total. The van der Waals surface area contributed by atoms with Gasteiger partial charge in [-0.1, -0.05) is 174 Å². The van der Waals surface area contributed by atoms with Gasteiger partial charge in [-0.25, -0.2) is 22.8 Å². The summed E-state index contributed by atoms with van der Waals surface area (Å²) in [7, 11) is 5.37. The smallest absolute Gasteiger partial charge is 0.201 e. The standard InChI is InChI=1S/C22H34NSi.C18H26NSi.C17H24NSi.C16H20N.C15H18N/c1-16-10-11-19(17(2)12-16)20-13-18(14-22(3,4)5)21(15-23(20)6)24(7,8)9;1-13-8-9-16(14(2)10-13)17-11-15(3)18(12-19(17)4)20(5,6)7;1-13-7-9-16(14(2)11-13)17-10-8-15(12-18(17)3)19(4,5)6;1-11-6-7-15(13(3)8-11)16-9-12(2)14(4)10-17(16)5;1-11-5-6-14(13(3)9-11)15-10-12(2)7-8-16(15)4/h10-13,15H,14H2,1-9H3;8-12H,1-7H3;7-12H,1-6H3;6-10H,1-5H3;5-10H,1-4H3/q5*+1/i1D3,14D2;2*1D3;1D3,4D3;1D3. The summed E-state index contributed by atoms with van der Waals surface area (Å²) < 4.78 is 164. The number of pyridine rings is 5. The fourth-order valence-electron chi connectivity index (χ4n) is 11.9. The molecule has 10 aromatic rings. The molecule has 0 aliphatic heterocycles. The van der Waals surface area contributed by atoms with Crippen molar-refractivity contribution in [2.75, 3.05) is 0 Å². The summed E-state index contributed by atoms with van der Waals surface area (Å²) in [4.78, 5) is 0. The first-order chi connectivity index (χ1) is 52.5. The Labute approximate surface area is 614 Å². The maximum atomic E-state index is 8.94. The zero-order valence-electron chi connectivity index (χ0n) is 82.3. The molecule has 0 fully saturated rings. The van der Waals surface area contributed by atoms with Crippen molar-refractivity contribution in [3.05, 3.63) is 248 Å². The SMILES string of the molecule is [2H]C([2H])([2H])c1ccc(-c2cc(C([2H])([2H])C(C)(C)C)c([Si](C)(C)C)c[n+]2C)c(C)c1.[2H]C([2H])([2H])c1ccc(-c2cc(C)c(C([2H])([2H])[2H])c[n+]2C)c(C)c1.[2H]C([2H])([2H])c1ccc(-c2cc(C)c([Si](C)(C)C)c[n+]2C)c(C)c1.[2H]C([2H])([2H])c1ccc(-c2cc(C)cc[n+]2C)c(C)c1.[2H]C([2H])([2H])c1ccc(-c2ccc([Si](C)(C)C)c[n+]2C)c(C)c1. The number of rotatable bonds is 9. The lowest BCUT2D eigenvalue weighted by atomic mass is 9.87. The van der Waals surface area contributed by atoms with Crippen LogP contribution in [-0.2, 0) is 41.6 Å². The highest BCUT2D eigenvalue weighted by molar-refractivity contribution is 6.89. The molecular weight excluding hydrogens is 1210 g/mol. The van der Waals surface area contributed by atoms with E-state index in [-0.39, 0.29) is 0 Å². The molecule has 0 saturated carbocycles. The van der Waals surface area contributed by atoms with Crippen LogP contribution in [0.3, 0.4) is 0 Å². The second-order valence-corrected chi connectivity index (χ2v) is 45.4. The highest BCUT2D eigenvalue weighted by atomic mass is 28.3. The number of hydrogen-bond acceptors (Lipinski definition) is 0. The van der Waals surface area contributed by atoms with Crippen LogP contribution in [-0.4, -0.2) is 24.2 Å².